The largest absolute Gasteiger partial charge is 0.350 e. The molecule has 0 radical (unpaired) electrons. The Balaban J connectivity index is 1.75. The second-order valence-electron chi connectivity index (χ2n) is 6.50. The zero-order valence-electron chi connectivity index (χ0n) is 14.4. The number of hydrogen-bond donors (Lipinski definition) is 0. The molecule has 0 unspecified atom stereocenters. The fourth-order valence-electron chi connectivity index (χ4n) is 3.54. The Morgan fingerprint density at radius 3 is 2.87 bits per heavy atom. The topological polar surface area (TPSA) is 50.1 Å². The summed E-state index contributed by atoms with van der Waals surface area (Å²) in [5.41, 5.74) is 1.32. The van der Waals surface area contributed by atoms with Crippen molar-refractivity contribution in [3.8, 4) is 0 Å². The van der Waals surface area contributed by atoms with Crippen molar-refractivity contribution < 1.29 is 0 Å². The van der Waals surface area contributed by atoms with Crippen LogP contribution < -0.4 is 4.90 Å². The SMILES string of the molecule is CCc1nsc(N(C)C[C@@H]2CCCN(C)[C@H]2c2cnn(C)c2)n1. The summed E-state index contributed by atoms with van der Waals surface area (Å²) in [6.45, 7) is 4.25. The molecule has 0 amide bonds. The van der Waals surface area contributed by atoms with Gasteiger partial charge in [-0.1, -0.05) is 6.92 Å². The van der Waals surface area contributed by atoms with Crippen molar-refractivity contribution in [3.63, 3.8) is 0 Å². The van der Waals surface area contributed by atoms with E-state index in [0.29, 0.717) is 12.0 Å². The van der Waals surface area contributed by atoms with E-state index in [4.69, 9.17) is 0 Å². The number of nitrogens with zero attached hydrogens (tertiary/aromatic N) is 6. The fraction of sp³-hybridized carbons (Fsp3) is 0.688. The minimum atomic E-state index is 0.429. The Bertz CT molecular complexity index is 636. The van der Waals surface area contributed by atoms with Crippen molar-refractivity contribution in [1.29, 1.82) is 0 Å². The molecular formula is C16H26N6S. The molecule has 6 nitrogen and oxygen atoms in total. The Hall–Kier alpha value is -1.47. The molecule has 0 bridgehead atoms. The first kappa shape index (κ1) is 16.4. The van der Waals surface area contributed by atoms with Gasteiger partial charge in [0.25, 0.3) is 0 Å². The fourth-order valence-corrected chi connectivity index (χ4v) is 4.26. The molecule has 2 aromatic rings. The summed E-state index contributed by atoms with van der Waals surface area (Å²) in [4.78, 5) is 9.36. The maximum atomic E-state index is 4.62. The Morgan fingerprint density at radius 1 is 1.39 bits per heavy atom. The minimum Gasteiger partial charge on any atom is -0.350 e. The molecule has 1 fully saturated rings. The van der Waals surface area contributed by atoms with Crippen LogP contribution in [0, 0.1) is 5.92 Å². The van der Waals surface area contributed by atoms with E-state index in [1.54, 1.807) is 0 Å². The van der Waals surface area contributed by atoms with Crippen molar-refractivity contribution >= 4 is 16.7 Å². The number of likely N-dealkylation sites (tertiary alicyclic amines) is 1. The zero-order valence-corrected chi connectivity index (χ0v) is 15.3. The third-order valence-corrected chi connectivity index (χ3v) is 5.55. The Morgan fingerprint density at radius 2 is 2.22 bits per heavy atom. The average Bonchev–Trinajstić information content (AvgIpc) is 3.16. The summed E-state index contributed by atoms with van der Waals surface area (Å²) in [7, 11) is 6.35. The van der Waals surface area contributed by atoms with E-state index in [9.17, 15) is 0 Å². The van der Waals surface area contributed by atoms with Gasteiger partial charge < -0.3 is 4.90 Å². The molecule has 0 spiro atoms. The van der Waals surface area contributed by atoms with E-state index < -0.39 is 0 Å². The van der Waals surface area contributed by atoms with E-state index in [-0.39, 0.29) is 0 Å². The molecule has 0 aliphatic carbocycles. The lowest BCUT2D eigenvalue weighted by molar-refractivity contribution is 0.124. The molecule has 0 N–H and O–H groups in total. The minimum absolute atomic E-state index is 0.429. The maximum Gasteiger partial charge on any atom is 0.204 e. The molecule has 1 aliphatic rings. The Kier molecular flexibility index (Phi) is 4.96. The number of aromatic nitrogens is 4. The maximum absolute atomic E-state index is 4.62. The molecule has 1 aliphatic heterocycles. The van der Waals surface area contributed by atoms with Crippen molar-refractivity contribution in [3.05, 3.63) is 23.8 Å². The van der Waals surface area contributed by atoms with Crippen molar-refractivity contribution in [2.24, 2.45) is 13.0 Å². The molecule has 23 heavy (non-hydrogen) atoms. The van der Waals surface area contributed by atoms with Crippen molar-refractivity contribution in [2.45, 2.75) is 32.2 Å². The highest BCUT2D eigenvalue weighted by Gasteiger charge is 2.32. The lowest BCUT2D eigenvalue weighted by atomic mass is 9.86. The van der Waals surface area contributed by atoms with Crippen LogP contribution in [0.25, 0.3) is 0 Å². The third kappa shape index (κ3) is 3.55. The van der Waals surface area contributed by atoms with Crippen molar-refractivity contribution in [2.75, 3.05) is 32.1 Å². The predicted octanol–water partition coefficient (Wildman–Crippen LogP) is 2.35. The summed E-state index contributed by atoms with van der Waals surface area (Å²) in [5, 5.41) is 5.40. The molecule has 2 aromatic heterocycles. The lowest BCUT2D eigenvalue weighted by Crippen LogP contribution is -2.41. The van der Waals surface area contributed by atoms with E-state index >= 15 is 0 Å². The third-order valence-electron chi connectivity index (χ3n) is 4.68. The van der Waals surface area contributed by atoms with Crippen LogP contribution in [-0.4, -0.2) is 51.2 Å². The summed E-state index contributed by atoms with van der Waals surface area (Å²) in [5.74, 6) is 1.53. The van der Waals surface area contributed by atoms with E-state index in [2.05, 4.69) is 51.5 Å². The van der Waals surface area contributed by atoms with Gasteiger partial charge >= 0.3 is 0 Å². The molecule has 7 heteroatoms. The van der Waals surface area contributed by atoms with Crippen LogP contribution >= 0.6 is 11.5 Å². The van der Waals surface area contributed by atoms with Gasteiger partial charge in [-0.3, -0.25) is 9.58 Å². The van der Waals surface area contributed by atoms with Crippen LogP contribution in [0.4, 0.5) is 5.13 Å². The van der Waals surface area contributed by atoms with Gasteiger partial charge in [0, 0.05) is 56.4 Å². The first-order valence-corrected chi connectivity index (χ1v) is 9.08. The van der Waals surface area contributed by atoms with Gasteiger partial charge in [0.15, 0.2) is 0 Å². The number of piperidine rings is 1. The number of hydrogen-bond acceptors (Lipinski definition) is 6. The molecule has 1 saturated heterocycles. The van der Waals surface area contributed by atoms with Crippen LogP contribution in [0.1, 0.15) is 37.2 Å². The first-order valence-electron chi connectivity index (χ1n) is 8.31. The first-order chi connectivity index (χ1) is 11.1. The van der Waals surface area contributed by atoms with Crippen molar-refractivity contribution in [1.82, 2.24) is 24.0 Å². The van der Waals surface area contributed by atoms with Gasteiger partial charge in [-0.2, -0.15) is 9.47 Å². The van der Waals surface area contributed by atoms with Crippen LogP contribution in [0.3, 0.4) is 0 Å². The van der Waals surface area contributed by atoms with Crippen LogP contribution in [-0.2, 0) is 13.5 Å². The van der Waals surface area contributed by atoms with E-state index in [0.717, 1.165) is 30.5 Å². The summed E-state index contributed by atoms with van der Waals surface area (Å²) >= 11 is 1.51. The Labute approximate surface area is 142 Å². The van der Waals surface area contributed by atoms with Crippen LogP contribution in [0.15, 0.2) is 12.4 Å². The predicted molar refractivity (Wildman–Crippen MR) is 93.9 cm³/mol. The van der Waals surface area contributed by atoms with Gasteiger partial charge in [-0.15, -0.1) is 0 Å². The highest BCUT2D eigenvalue weighted by molar-refractivity contribution is 7.09. The zero-order chi connectivity index (χ0) is 16.4. The lowest BCUT2D eigenvalue weighted by Gasteiger charge is -2.40. The molecule has 3 rings (SSSR count). The molecule has 0 aromatic carbocycles. The van der Waals surface area contributed by atoms with E-state index in [1.807, 2.05) is 17.9 Å². The standard InChI is InChI=1S/C16H26N6S/c1-5-14-18-16(23-19-14)21(3)10-12-7-6-8-20(2)15(12)13-9-17-22(4)11-13/h9,11-12,15H,5-8,10H2,1-4H3/t12-,15+/m0/s1. The van der Waals surface area contributed by atoms with Gasteiger partial charge in [-0.05, 0) is 32.4 Å². The van der Waals surface area contributed by atoms with Gasteiger partial charge in [0.05, 0.1) is 6.20 Å². The molecule has 0 saturated carbocycles. The summed E-state index contributed by atoms with van der Waals surface area (Å²) in [6.07, 6.45) is 7.56. The quantitative estimate of drug-likeness (QED) is 0.840. The van der Waals surface area contributed by atoms with Gasteiger partial charge in [-0.25, -0.2) is 4.98 Å². The van der Waals surface area contributed by atoms with Crippen LogP contribution in [0.5, 0.6) is 0 Å². The number of rotatable bonds is 5. The second-order valence-corrected chi connectivity index (χ2v) is 7.23. The monoisotopic (exact) mass is 334 g/mol. The van der Waals surface area contributed by atoms with Crippen LogP contribution in [0.2, 0.25) is 0 Å². The highest BCUT2D eigenvalue weighted by atomic mass is 32.1. The highest BCUT2D eigenvalue weighted by Crippen LogP contribution is 2.36. The number of aryl methyl sites for hydroxylation is 2. The molecule has 126 valence electrons. The smallest absolute Gasteiger partial charge is 0.204 e. The second kappa shape index (κ2) is 6.97. The average molecular weight is 334 g/mol. The summed E-state index contributed by atoms with van der Waals surface area (Å²) < 4.78 is 6.31. The normalized spacial score (nSPS) is 22.4. The molecule has 2 atom stereocenters. The molecular weight excluding hydrogens is 308 g/mol. The number of anilines is 1. The van der Waals surface area contributed by atoms with Gasteiger partial charge in [0.1, 0.15) is 5.82 Å². The molecule has 3 heterocycles. The van der Waals surface area contributed by atoms with E-state index in [1.165, 1.54) is 29.9 Å². The van der Waals surface area contributed by atoms with Gasteiger partial charge in [0.2, 0.25) is 5.13 Å². The summed E-state index contributed by atoms with van der Waals surface area (Å²) in [6, 6.07) is 0.429.